The van der Waals surface area contributed by atoms with Crippen LogP contribution >= 0.6 is 0 Å². The van der Waals surface area contributed by atoms with E-state index in [1.807, 2.05) is 20.8 Å². The largest absolute Gasteiger partial charge is 0.486 e. The van der Waals surface area contributed by atoms with Crippen molar-refractivity contribution in [2.24, 2.45) is 11.7 Å². The highest BCUT2D eigenvalue weighted by molar-refractivity contribution is 5.81. The summed E-state index contributed by atoms with van der Waals surface area (Å²) in [4.78, 5) is 11.8. The maximum Gasteiger partial charge on any atom is 0.237 e. The van der Waals surface area contributed by atoms with Crippen LogP contribution in [0.15, 0.2) is 24.3 Å². The second-order valence-electron chi connectivity index (χ2n) is 5.09. The van der Waals surface area contributed by atoms with Crippen molar-refractivity contribution in [1.29, 1.82) is 0 Å². The van der Waals surface area contributed by atoms with Crippen LogP contribution in [0.2, 0.25) is 0 Å². The standard InChI is InChI=1S/C15H23FN2O2/c1-4-11(9-18-15(19)14(17)10(2)3)20-13-8-6-5-7-12(13)16/h5-8,10-11,14H,4,9,17H2,1-3H3,(H,18,19)/t11?,14-/m0/s1. The molecule has 0 heterocycles. The number of hydrogen-bond acceptors (Lipinski definition) is 3. The summed E-state index contributed by atoms with van der Waals surface area (Å²) in [5, 5.41) is 2.74. The van der Waals surface area contributed by atoms with Gasteiger partial charge in [-0.15, -0.1) is 0 Å². The van der Waals surface area contributed by atoms with Gasteiger partial charge in [-0.05, 0) is 24.5 Å². The van der Waals surface area contributed by atoms with Gasteiger partial charge in [-0.25, -0.2) is 4.39 Å². The lowest BCUT2D eigenvalue weighted by molar-refractivity contribution is -0.123. The van der Waals surface area contributed by atoms with Gasteiger partial charge in [-0.1, -0.05) is 32.9 Å². The molecule has 1 unspecified atom stereocenters. The van der Waals surface area contributed by atoms with E-state index < -0.39 is 11.9 Å². The Bertz CT molecular complexity index is 438. The highest BCUT2D eigenvalue weighted by Gasteiger charge is 2.19. The van der Waals surface area contributed by atoms with Crippen LogP contribution in [0.25, 0.3) is 0 Å². The van der Waals surface area contributed by atoms with E-state index in [0.717, 1.165) is 0 Å². The number of benzene rings is 1. The van der Waals surface area contributed by atoms with Crippen LogP contribution in [0.3, 0.4) is 0 Å². The summed E-state index contributed by atoms with van der Waals surface area (Å²) >= 11 is 0. The predicted molar refractivity (Wildman–Crippen MR) is 76.9 cm³/mol. The number of nitrogens with two attached hydrogens (primary N) is 1. The minimum Gasteiger partial charge on any atom is -0.486 e. The number of ether oxygens (including phenoxy) is 1. The van der Waals surface area contributed by atoms with Gasteiger partial charge in [0.2, 0.25) is 5.91 Å². The van der Waals surface area contributed by atoms with E-state index in [1.165, 1.54) is 6.07 Å². The van der Waals surface area contributed by atoms with Crippen LogP contribution in [0.1, 0.15) is 27.2 Å². The van der Waals surface area contributed by atoms with Gasteiger partial charge < -0.3 is 15.8 Å². The molecule has 0 radical (unpaired) electrons. The molecule has 5 heteroatoms. The Hall–Kier alpha value is -1.62. The van der Waals surface area contributed by atoms with Gasteiger partial charge >= 0.3 is 0 Å². The van der Waals surface area contributed by atoms with Crippen LogP contribution in [0, 0.1) is 11.7 Å². The lowest BCUT2D eigenvalue weighted by Crippen LogP contribution is -2.46. The SMILES string of the molecule is CCC(CNC(=O)[C@@H](N)C(C)C)Oc1ccccc1F. The number of carbonyl (C=O) groups is 1. The number of para-hydroxylation sites is 1. The summed E-state index contributed by atoms with van der Waals surface area (Å²) in [6, 6.07) is 5.68. The molecule has 20 heavy (non-hydrogen) atoms. The van der Waals surface area contributed by atoms with Crippen molar-refractivity contribution in [2.45, 2.75) is 39.3 Å². The summed E-state index contributed by atoms with van der Waals surface area (Å²) in [6.07, 6.45) is 0.376. The molecule has 0 fully saturated rings. The van der Waals surface area contributed by atoms with E-state index in [-0.39, 0.29) is 23.7 Å². The molecule has 0 saturated carbocycles. The molecule has 0 aliphatic heterocycles. The van der Waals surface area contributed by atoms with Crippen molar-refractivity contribution in [3.8, 4) is 5.75 Å². The number of rotatable bonds is 7. The molecular formula is C15H23FN2O2. The normalized spacial score (nSPS) is 13.9. The number of amides is 1. The zero-order valence-corrected chi connectivity index (χ0v) is 12.2. The van der Waals surface area contributed by atoms with Gasteiger partial charge in [0.05, 0.1) is 12.6 Å². The van der Waals surface area contributed by atoms with E-state index in [4.69, 9.17) is 10.5 Å². The summed E-state index contributed by atoms with van der Waals surface area (Å²) in [6.45, 7) is 6.00. The minimum atomic E-state index is -0.541. The maximum atomic E-state index is 13.5. The summed E-state index contributed by atoms with van der Waals surface area (Å²) in [7, 11) is 0. The lowest BCUT2D eigenvalue weighted by atomic mass is 10.1. The van der Waals surface area contributed by atoms with Gasteiger partial charge in [0.15, 0.2) is 11.6 Å². The summed E-state index contributed by atoms with van der Waals surface area (Å²) < 4.78 is 19.0. The fourth-order valence-corrected chi connectivity index (χ4v) is 1.62. The molecule has 0 aliphatic rings. The minimum absolute atomic E-state index is 0.0718. The van der Waals surface area contributed by atoms with Gasteiger partial charge in [0, 0.05) is 0 Å². The van der Waals surface area contributed by atoms with Crippen molar-refractivity contribution in [2.75, 3.05) is 6.54 Å². The Labute approximate surface area is 119 Å². The molecule has 3 N–H and O–H groups in total. The van der Waals surface area contributed by atoms with Crippen LogP contribution in [-0.4, -0.2) is 24.6 Å². The molecule has 0 aromatic heterocycles. The van der Waals surface area contributed by atoms with E-state index in [9.17, 15) is 9.18 Å². The number of carbonyl (C=O) groups excluding carboxylic acids is 1. The number of halogens is 1. The monoisotopic (exact) mass is 282 g/mol. The molecule has 4 nitrogen and oxygen atoms in total. The Kier molecular flexibility index (Phi) is 6.45. The molecule has 1 aromatic rings. The summed E-state index contributed by atoms with van der Waals surface area (Å²) in [5.74, 6) is -0.351. The molecule has 2 atom stereocenters. The molecule has 0 saturated heterocycles. The third kappa shape index (κ3) is 4.81. The Morgan fingerprint density at radius 1 is 1.40 bits per heavy atom. The summed E-state index contributed by atoms with van der Waals surface area (Å²) in [5.41, 5.74) is 5.75. The first kappa shape index (κ1) is 16.4. The van der Waals surface area contributed by atoms with Gasteiger partial charge in [0.1, 0.15) is 6.10 Å². The third-order valence-electron chi connectivity index (χ3n) is 3.11. The first-order chi connectivity index (χ1) is 9.45. The van der Waals surface area contributed by atoms with Crippen molar-refractivity contribution < 1.29 is 13.9 Å². The first-order valence-electron chi connectivity index (χ1n) is 6.90. The van der Waals surface area contributed by atoms with Crippen LogP contribution in [0.5, 0.6) is 5.75 Å². The Morgan fingerprint density at radius 3 is 2.60 bits per heavy atom. The van der Waals surface area contributed by atoms with Gasteiger partial charge in [-0.2, -0.15) is 0 Å². The maximum absolute atomic E-state index is 13.5. The van der Waals surface area contributed by atoms with Crippen molar-refractivity contribution in [3.05, 3.63) is 30.1 Å². The Morgan fingerprint density at radius 2 is 2.05 bits per heavy atom. The van der Waals surface area contributed by atoms with Crippen molar-refractivity contribution in [3.63, 3.8) is 0 Å². The zero-order chi connectivity index (χ0) is 15.1. The highest BCUT2D eigenvalue weighted by atomic mass is 19.1. The first-order valence-corrected chi connectivity index (χ1v) is 6.90. The van der Waals surface area contributed by atoms with E-state index in [2.05, 4.69) is 5.32 Å². The van der Waals surface area contributed by atoms with Gasteiger partial charge in [0.25, 0.3) is 0 Å². The van der Waals surface area contributed by atoms with E-state index >= 15 is 0 Å². The quantitative estimate of drug-likeness (QED) is 0.805. The molecule has 0 bridgehead atoms. The molecule has 112 valence electrons. The second kappa shape index (κ2) is 7.85. The molecule has 0 spiro atoms. The average Bonchev–Trinajstić information content (AvgIpc) is 2.43. The van der Waals surface area contributed by atoms with Gasteiger partial charge in [-0.3, -0.25) is 4.79 Å². The smallest absolute Gasteiger partial charge is 0.237 e. The third-order valence-corrected chi connectivity index (χ3v) is 3.11. The average molecular weight is 282 g/mol. The lowest BCUT2D eigenvalue weighted by Gasteiger charge is -2.21. The van der Waals surface area contributed by atoms with Crippen molar-refractivity contribution >= 4 is 5.91 Å². The fourth-order valence-electron chi connectivity index (χ4n) is 1.62. The number of hydrogen-bond donors (Lipinski definition) is 2. The number of nitrogens with one attached hydrogen (secondary N) is 1. The topological polar surface area (TPSA) is 64.4 Å². The van der Waals surface area contributed by atoms with Crippen LogP contribution < -0.4 is 15.8 Å². The van der Waals surface area contributed by atoms with E-state index in [0.29, 0.717) is 13.0 Å². The van der Waals surface area contributed by atoms with Crippen LogP contribution in [0.4, 0.5) is 4.39 Å². The van der Waals surface area contributed by atoms with E-state index in [1.54, 1.807) is 18.2 Å². The zero-order valence-electron chi connectivity index (χ0n) is 12.2. The molecule has 1 rings (SSSR count). The predicted octanol–water partition coefficient (Wildman–Crippen LogP) is 2.08. The Balaban J connectivity index is 2.52. The second-order valence-corrected chi connectivity index (χ2v) is 5.09. The fraction of sp³-hybridized carbons (Fsp3) is 0.533. The highest BCUT2D eigenvalue weighted by Crippen LogP contribution is 2.17. The molecular weight excluding hydrogens is 259 g/mol. The molecule has 1 aromatic carbocycles. The van der Waals surface area contributed by atoms with Crippen LogP contribution in [-0.2, 0) is 4.79 Å². The molecule has 1 amide bonds. The molecule has 0 aliphatic carbocycles. The van der Waals surface area contributed by atoms with Crippen molar-refractivity contribution in [1.82, 2.24) is 5.32 Å².